The summed E-state index contributed by atoms with van der Waals surface area (Å²) >= 11 is 0. The largest absolute Gasteiger partial charge is 0.478 e. The fraction of sp³-hybridized carbons (Fsp3) is 0.533. The van der Waals surface area contributed by atoms with Crippen molar-refractivity contribution in [3.8, 4) is 0 Å². The molecule has 0 atom stereocenters. The molecule has 4 heteroatoms. The third kappa shape index (κ3) is 2.32. The Morgan fingerprint density at radius 2 is 2.11 bits per heavy atom. The van der Waals surface area contributed by atoms with Crippen LogP contribution < -0.4 is 4.90 Å². The second-order valence-electron chi connectivity index (χ2n) is 5.25. The summed E-state index contributed by atoms with van der Waals surface area (Å²) in [5, 5.41) is 9.30. The molecule has 0 bridgehead atoms. The molecule has 0 aromatic heterocycles. The number of anilines is 1. The van der Waals surface area contributed by atoms with E-state index in [0.717, 1.165) is 56.7 Å². The third-order valence-corrected chi connectivity index (χ3v) is 4.15. The summed E-state index contributed by atoms with van der Waals surface area (Å²) in [6, 6.07) is 6.14. The average Bonchev–Trinajstić information content (AvgIpc) is 2.46. The quantitative estimate of drug-likeness (QED) is 0.887. The summed E-state index contributed by atoms with van der Waals surface area (Å²) in [5.74, 6) is -0.814. The van der Waals surface area contributed by atoms with Crippen LogP contribution in [-0.2, 0) is 11.2 Å². The molecule has 2 aliphatic heterocycles. The molecule has 2 heterocycles. The summed E-state index contributed by atoms with van der Waals surface area (Å²) in [4.78, 5) is 13.7. The van der Waals surface area contributed by atoms with Crippen LogP contribution >= 0.6 is 0 Å². The third-order valence-electron chi connectivity index (χ3n) is 4.15. The van der Waals surface area contributed by atoms with E-state index in [-0.39, 0.29) is 0 Å². The molecular weight excluding hydrogens is 242 g/mol. The zero-order valence-electron chi connectivity index (χ0n) is 11.0. The van der Waals surface area contributed by atoms with Crippen LogP contribution in [0.1, 0.15) is 35.2 Å². The Balaban J connectivity index is 1.95. The molecule has 0 saturated carbocycles. The van der Waals surface area contributed by atoms with Crippen LogP contribution in [0.3, 0.4) is 0 Å². The van der Waals surface area contributed by atoms with Crippen molar-refractivity contribution in [1.29, 1.82) is 0 Å². The molecule has 3 rings (SSSR count). The Bertz CT molecular complexity index is 480. The van der Waals surface area contributed by atoms with E-state index in [0.29, 0.717) is 11.6 Å². The maximum absolute atomic E-state index is 11.3. The predicted molar refractivity (Wildman–Crippen MR) is 72.9 cm³/mol. The zero-order chi connectivity index (χ0) is 13.2. The van der Waals surface area contributed by atoms with Gasteiger partial charge in [0.2, 0.25) is 0 Å². The van der Waals surface area contributed by atoms with Crippen molar-refractivity contribution in [3.05, 3.63) is 29.3 Å². The molecule has 0 unspecified atom stereocenters. The SMILES string of the molecule is O=C(O)c1cccc2c1CCCN2C1CCOCC1. The Morgan fingerprint density at radius 3 is 2.84 bits per heavy atom. The van der Waals surface area contributed by atoms with Crippen molar-refractivity contribution in [2.75, 3.05) is 24.7 Å². The van der Waals surface area contributed by atoms with E-state index < -0.39 is 5.97 Å². The lowest BCUT2D eigenvalue weighted by Crippen LogP contribution is -2.42. The molecule has 102 valence electrons. The van der Waals surface area contributed by atoms with Crippen LogP contribution in [0.4, 0.5) is 5.69 Å². The highest BCUT2D eigenvalue weighted by molar-refractivity contribution is 5.91. The zero-order valence-corrected chi connectivity index (χ0v) is 11.0. The van der Waals surface area contributed by atoms with E-state index in [1.807, 2.05) is 6.07 Å². The summed E-state index contributed by atoms with van der Waals surface area (Å²) in [6.07, 6.45) is 3.99. The first-order valence-electron chi connectivity index (χ1n) is 6.97. The van der Waals surface area contributed by atoms with Gasteiger partial charge in [-0.15, -0.1) is 0 Å². The molecule has 4 nitrogen and oxygen atoms in total. The summed E-state index contributed by atoms with van der Waals surface area (Å²) in [6.45, 7) is 2.66. The molecule has 1 aromatic rings. The fourth-order valence-electron chi connectivity index (χ4n) is 3.23. The normalized spacial score (nSPS) is 20.1. The second kappa shape index (κ2) is 5.21. The fourth-order valence-corrected chi connectivity index (χ4v) is 3.23. The van der Waals surface area contributed by atoms with Gasteiger partial charge < -0.3 is 14.7 Å². The number of aromatic carboxylic acids is 1. The monoisotopic (exact) mass is 261 g/mol. The highest BCUT2D eigenvalue weighted by atomic mass is 16.5. The first-order valence-corrected chi connectivity index (χ1v) is 6.97. The lowest BCUT2D eigenvalue weighted by Gasteiger charge is -2.40. The van der Waals surface area contributed by atoms with Crippen molar-refractivity contribution < 1.29 is 14.6 Å². The number of rotatable bonds is 2. The first kappa shape index (κ1) is 12.5. The van der Waals surface area contributed by atoms with Crippen molar-refractivity contribution in [2.24, 2.45) is 0 Å². The molecule has 1 N–H and O–H groups in total. The smallest absolute Gasteiger partial charge is 0.336 e. The summed E-state index contributed by atoms with van der Waals surface area (Å²) in [7, 11) is 0. The van der Waals surface area contributed by atoms with Crippen LogP contribution in [0.15, 0.2) is 18.2 Å². The van der Waals surface area contributed by atoms with Gasteiger partial charge in [-0.1, -0.05) is 6.07 Å². The topological polar surface area (TPSA) is 49.8 Å². The number of hydrogen-bond acceptors (Lipinski definition) is 3. The minimum absolute atomic E-state index is 0.467. The molecule has 1 aromatic carbocycles. The number of carboxylic acid groups (broad SMARTS) is 1. The van der Waals surface area contributed by atoms with E-state index in [9.17, 15) is 9.90 Å². The van der Waals surface area contributed by atoms with Gasteiger partial charge in [0.25, 0.3) is 0 Å². The Kier molecular flexibility index (Phi) is 3.42. The van der Waals surface area contributed by atoms with Gasteiger partial charge in [-0.05, 0) is 43.4 Å². The van der Waals surface area contributed by atoms with Crippen molar-refractivity contribution in [3.63, 3.8) is 0 Å². The molecule has 1 fully saturated rings. The molecule has 19 heavy (non-hydrogen) atoms. The standard InChI is InChI=1S/C15H19NO3/c17-15(18)13-3-1-5-14-12(13)4-2-8-16(14)11-6-9-19-10-7-11/h1,3,5,11H,2,4,6-10H2,(H,17,18). The van der Waals surface area contributed by atoms with Gasteiger partial charge in [-0.25, -0.2) is 4.79 Å². The van der Waals surface area contributed by atoms with Gasteiger partial charge in [0, 0.05) is 31.5 Å². The summed E-state index contributed by atoms with van der Waals surface area (Å²) in [5.41, 5.74) is 2.60. The van der Waals surface area contributed by atoms with E-state index in [1.54, 1.807) is 6.07 Å². The Labute approximate surface area is 113 Å². The number of carbonyl (C=O) groups is 1. The number of hydrogen-bond donors (Lipinski definition) is 1. The molecule has 0 spiro atoms. The van der Waals surface area contributed by atoms with Gasteiger partial charge in [-0.2, -0.15) is 0 Å². The maximum atomic E-state index is 11.3. The maximum Gasteiger partial charge on any atom is 0.336 e. The van der Waals surface area contributed by atoms with Gasteiger partial charge in [0.1, 0.15) is 0 Å². The number of carboxylic acids is 1. The van der Waals surface area contributed by atoms with Crippen LogP contribution in [0.25, 0.3) is 0 Å². The molecule has 0 amide bonds. The van der Waals surface area contributed by atoms with Crippen molar-refractivity contribution >= 4 is 11.7 Å². The minimum Gasteiger partial charge on any atom is -0.478 e. The highest BCUT2D eigenvalue weighted by Gasteiger charge is 2.28. The molecule has 0 radical (unpaired) electrons. The van der Waals surface area contributed by atoms with Gasteiger partial charge >= 0.3 is 5.97 Å². The molecule has 0 aliphatic carbocycles. The number of nitrogens with zero attached hydrogens (tertiary/aromatic N) is 1. The van der Waals surface area contributed by atoms with Crippen molar-refractivity contribution in [2.45, 2.75) is 31.7 Å². The predicted octanol–water partition coefficient (Wildman–Crippen LogP) is 2.32. The van der Waals surface area contributed by atoms with E-state index in [4.69, 9.17) is 4.74 Å². The minimum atomic E-state index is -0.814. The molecule has 1 saturated heterocycles. The van der Waals surface area contributed by atoms with Crippen molar-refractivity contribution in [1.82, 2.24) is 0 Å². The molecule has 2 aliphatic rings. The lowest BCUT2D eigenvalue weighted by atomic mass is 9.93. The number of ether oxygens (including phenoxy) is 1. The van der Waals surface area contributed by atoms with Crippen LogP contribution in [0.5, 0.6) is 0 Å². The van der Waals surface area contributed by atoms with Crippen LogP contribution in [0.2, 0.25) is 0 Å². The first-order chi connectivity index (χ1) is 9.27. The van der Waals surface area contributed by atoms with E-state index in [1.165, 1.54) is 0 Å². The molecular formula is C15H19NO3. The average molecular weight is 261 g/mol. The Morgan fingerprint density at radius 1 is 1.32 bits per heavy atom. The van der Waals surface area contributed by atoms with E-state index in [2.05, 4.69) is 11.0 Å². The van der Waals surface area contributed by atoms with Crippen LogP contribution in [0, 0.1) is 0 Å². The van der Waals surface area contributed by atoms with Gasteiger partial charge in [-0.3, -0.25) is 0 Å². The number of benzene rings is 1. The highest BCUT2D eigenvalue weighted by Crippen LogP contribution is 2.33. The second-order valence-corrected chi connectivity index (χ2v) is 5.25. The van der Waals surface area contributed by atoms with Gasteiger partial charge in [0.15, 0.2) is 0 Å². The lowest BCUT2D eigenvalue weighted by molar-refractivity contribution is 0.0695. The number of fused-ring (bicyclic) bond motifs is 1. The Hall–Kier alpha value is -1.55. The van der Waals surface area contributed by atoms with Crippen LogP contribution in [-0.4, -0.2) is 36.9 Å². The van der Waals surface area contributed by atoms with Gasteiger partial charge in [0.05, 0.1) is 5.56 Å². The summed E-state index contributed by atoms with van der Waals surface area (Å²) < 4.78 is 5.42. The van der Waals surface area contributed by atoms with E-state index >= 15 is 0 Å².